The molecule has 1 saturated heterocycles. The lowest BCUT2D eigenvalue weighted by Crippen LogP contribution is -2.36. The van der Waals surface area contributed by atoms with Crippen LogP contribution in [0.4, 0.5) is 0 Å². The van der Waals surface area contributed by atoms with E-state index in [2.05, 4.69) is 9.62 Å². The third-order valence-electron chi connectivity index (χ3n) is 4.80. The largest absolute Gasteiger partial charge is 0.294 e. The van der Waals surface area contributed by atoms with Gasteiger partial charge < -0.3 is 0 Å². The summed E-state index contributed by atoms with van der Waals surface area (Å²) >= 11 is 1.62. The quantitative estimate of drug-likeness (QED) is 0.733. The first-order valence-electron chi connectivity index (χ1n) is 8.76. The van der Waals surface area contributed by atoms with E-state index in [-0.39, 0.29) is 22.4 Å². The number of sulfonamides is 1. The molecule has 0 spiro atoms. The van der Waals surface area contributed by atoms with Gasteiger partial charge in [-0.15, -0.1) is 11.3 Å². The highest BCUT2D eigenvalue weighted by atomic mass is 32.2. The Bertz CT molecular complexity index is 993. The van der Waals surface area contributed by atoms with Gasteiger partial charge in [-0.1, -0.05) is 12.1 Å². The summed E-state index contributed by atoms with van der Waals surface area (Å²) in [5.41, 5.74) is 0.517. The van der Waals surface area contributed by atoms with Crippen molar-refractivity contribution in [2.45, 2.75) is 35.6 Å². The first kappa shape index (κ1) is 20.5. The molecule has 9 heteroatoms. The molecule has 0 aliphatic carbocycles. The maximum Gasteiger partial charge on any atom is 0.240 e. The summed E-state index contributed by atoms with van der Waals surface area (Å²) in [5.74, 6) is 0. The highest BCUT2D eigenvalue weighted by Crippen LogP contribution is 2.28. The predicted molar refractivity (Wildman–Crippen MR) is 107 cm³/mol. The Hall–Kier alpha value is -1.26. The van der Waals surface area contributed by atoms with Crippen LogP contribution in [0.5, 0.6) is 0 Å². The van der Waals surface area contributed by atoms with Crippen molar-refractivity contribution in [2.75, 3.05) is 25.9 Å². The summed E-state index contributed by atoms with van der Waals surface area (Å²) in [4.78, 5) is 3.44. The van der Waals surface area contributed by atoms with Crippen LogP contribution in [0.3, 0.4) is 0 Å². The number of hydrogen-bond acceptors (Lipinski definition) is 6. The zero-order chi connectivity index (χ0) is 19.7. The number of benzene rings is 1. The molecule has 0 amide bonds. The fraction of sp³-hybridized carbons (Fsp3) is 0.444. The summed E-state index contributed by atoms with van der Waals surface area (Å²) in [6, 6.07) is 8.18. The Morgan fingerprint density at radius 2 is 1.85 bits per heavy atom. The van der Waals surface area contributed by atoms with Gasteiger partial charge in [-0.2, -0.15) is 0 Å². The standard InChI is InChI=1S/C18H24N2O4S3/c1-14-7-8-15(26(2,21)22)12-18(14)27(23,24)19-13-16(17-6-5-11-25-17)20-9-3-4-10-20/h5-8,11-12,16,19H,3-4,9-10,13H2,1-2H3. The van der Waals surface area contributed by atoms with Crippen LogP contribution in [0.15, 0.2) is 45.5 Å². The molecule has 0 radical (unpaired) electrons. The molecule has 2 heterocycles. The first-order chi connectivity index (χ1) is 12.7. The molecule has 1 N–H and O–H groups in total. The first-order valence-corrected chi connectivity index (χ1v) is 13.0. The van der Waals surface area contributed by atoms with Gasteiger partial charge in [-0.05, 0) is 62.0 Å². The van der Waals surface area contributed by atoms with Gasteiger partial charge >= 0.3 is 0 Å². The molecule has 1 atom stereocenters. The molecule has 0 saturated carbocycles. The van der Waals surface area contributed by atoms with Crippen molar-refractivity contribution < 1.29 is 16.8 Å². The average molecular weight is 429 g/mol. The minimum Gasteiger partial charge on any atom is -0.294 e. The molecular weight excluding hydrogens is 404 g/mol. The Labute approximate surface area is 165 Å². The van der Waals surface area contributed by atoms with Crippen LogP contribution in [0.2, 0.25) is 0 Å². The normalized spacial score (nSPS) is 17.3. The van der Waals surface area contributed by atoms with Gasteiger partial charge in [0.2, 0.25) is 10.0 Å². The molecule has 3 rings (SSSR count). The van der Waals surface area contributed by atoms with Gasteiger partial charge in [-0.25, -0.2) is 21.6 Å². The maximum atomic E-state index is 12.9. The van der Waals surface area contributed by atoms with Crippen molar-refractivity contribution in [3.8, 4) is 0 Å². The zero-order valence-corrected chi connectivity index (χ0v) is 17.8. The highest BCUT2D eigenvalue weighted by Gasteiger charge is 2.27. The molecule has 1 aliphatic rings. The van der Waals surface area contributed by atoms with Gasteiger partial charge in [0, 0.05) is 17.7 Å². The fourth-order valence-electron chi connectivity index (χ4n) is 3.31. The van der Waals surface area contributed by atoms with Gasteiger partial charge in [0.05, 0.1) is 15.8 Å². The summed E-state index contributed by atoms with van der Waals surface area (Å²) in [5, 5.41) is 1.99. The maximum absolute atomic E-state index is 12.9. The fourth-order valence-corrected chi connectivity index (χ4v) is 6.20. The molecule has 1 aromatic carbocycles. The zero-order valence-electron chi connectivity index (χ0n) is 15.4. The van der Waals surface area contributed by atoms with Gasteiger partial charge in [0.25, 0.3) is 0 Å². The van der Waals surface area contributed by atoms with E-state index >= 15 is 0 Å². The molecule has 2 aromatic rings. The highest BCUT2D eigenvalue weighted by molar-refractivity contribution is 7.91. The molecule has 27 heavy (non-hydrogen) atoms. The molecular formula is C18H24N2O4S3. The monoisotopic (exact) mass is 428 g/mol. The van der Waals surface area contributed by atoms with E-state index in [1.54, 1.807) is 18.3 Å². The van der Waals surface area contributed by atoms with E-state index in [0.717, 1.165) is 37.1 Å². The number of sulfone groups is 1. The topological polar surface area (TPSA) is 83.5 Å². The smallest absolute Gasteiger partial charge is 0.240 e. The number of hydrogen-bond donors (Lipinski definition) is 1. The number of rotatable bonds is 7. The number of thiophene rings is 1. The van der Waals surface area contributed by atoms with Gasteiger partial charge in [0.1, 0.15) is 0 Å². The number of nitrogens with one attached hydrogen (secondary N) is 1. The molecule has 1 aliphatic heterocycles. The van der Waals surface area contributed by atoms with Crippen molar-refractivity contribution in [2.24, 2.45) is 0 Å². The second-order valence-electron chi connectivity index (χ2n) is 6.83. The van der Waals surface area contributed by atoms with Crippen molar-refractivity contribution in [1.82, 2.24) is 9.62 Å². The summed E-state index contributed by atoms with van der Waals surface area (Å²) in [6.07, 6.45) is 3.30. The molecule has 6 nitrogen and oxygen atoms in total. The van der Waals surface area contributed by atoms with Crippen molar-refractivity contribution in [1.29, 1.82) is 0 Å². The van der Waals surface area contributed by atoms with Crippen LogP contribution >= 0.6 is 11.3 Å². The Morgan fingerprint density at radius 1 is 1.15 bits per heavy atom. The molecule has 148 valence electrons. The lowest BCUT2D eigenvalue weighted by atomic mass is 10.2. The van der Waals surface area contributed by atoms with Crippen molar-refractivity contribution >= 4 is 31.2 Å². The molecule has 0 bridgehead atoms. The molecule has 1 aromatic heterocycles. The van der Waals surface area contributed by atoms with E-state index in [1.165, 1.54) is 18.2 Å². The average Bonchev–Trinajstić information content (AvgIpc) is 3.28. The van der Waals surface area contributed by atoms with Gasteiger partial charge in [-0.3, -0.25) is 4.90 Å². The number of aryl methyl sites for hydroxylation is 1. The molecule has 1 unspecified atom stereocenters. The van der Waals surface area contributed by atoms with E-state index in [4.69, 9.17) is 0 Å². The van der Waals surface area contributed by atoms with Crippen LogP contribution in [0.25, 0.3) is 0 Å². The number of nitrogens with zero attached hydrogens (tertiary/aromatic N) is 1. The second kappa shape index (κ2) is 8.00. The summed E-state index contributed by atoms with van der Waals surface area (Å²) in [6.45, 7) is 3.82. The SMILES string of the molecule is Cc1ccc(S(C)(=O)=O)cc1S(=O)(=O)NCC(c1cccs1)N1CCCC1. The van der Waals surface area contributed by atoms with E-state index in [0.29, 0.717) is 5.56 Å². The minimum atomic E-state index is -3.83. The van der Waals surface area contributed by atoms with Crippen LogP contribution in [-0.4, -0.2) is 47.6 Å². The van der Waals surface area contributed by atoms with Crippen LogP contribution in [0.1, 0.15) is 29.3 Å². The summed E-state index contributed by atoms with van der Waals surface area (Å²) in [7, 11) is -7.31. The number of likely N-dealkylation sites (tertiary alicyclic amines) is 1. The van der Waals surface area contributed by atoms with Crippen LogP contribution in [-0.2, 0) is 19.9 Å². The van der Waals surface area contributed by atoms with E-state index in [9.17, 15) is 16.8 Å². The van der Waals surface area contributed by atoms with Crippen LogP contribution in [0, 0.1) is 6.92 Å². The molecule has 1 fully saturated rings. The van der Waals surface area contributed by atoms with E-state index in [1.807, 2.05) is 17.5 Å². The van der Waals surface area contributed by atoms with Gasteiger partial charge in [0.15, 0.2) is 9.84 Å². The van der Waals surface area contributed by atoms with Crippen molar-refractivity contribution in [3.05, 3.63) is 46.2 Å². The second-order valence-corrected chi connectivity index (χ2v) is 11.6. The Balaban J connectivity index is 1.85. The predicted octanol–water partition coefficient (Wildman–Crippen LogP) is 2.58. The van der Waals surface area contributed by atoms with Crippen molar-refractivity contribution in [3.63, 3.8) is 0 Å². The third-order valence-corrected chi connectivity index (χ3v) is 8.45. The minimum absolute atomic E-state index is 0.00262. The Morgan fingerprint density at radius 3 is 2.44 bits per heavy atom. The third kappa shape index (κ3) is 4.78. The Kier molecular flexibility index (Phi) is 6.07. The summed E-state index contributed by atoms with van der Waals surface area (Å²) < 4.78 is 52.1. The lowest BCUT2D eigenvalue weighted by molar-refractivity contribution is 0.250. The lowest BCUT2D eigenvalue weighted by Gasteiger charge is -2.27. The van der Waals surface area contributed by atoms with Crippen LogP contribution < -0.4 is 4.72 Å². The van der Waals surface area contributed by atoms with E-state index < -0.39 is 19.9 Å².